The van der Waals surface area contributed by atoms with Crippen molar-refractivity contribution in [3.05, 3.63) is 59.7 Å². The van der Waals surface area contributed by atoms with Crippen LogP contribution in [0.5, 0.6) is 0 Å². The fourth-order valence-corrected chi connectivity index (χ4v) is 4.80. The molecule has 2 aromatic rings. The highest BCUT2D eigenvalue weighted by atomic mass is 16.5. The lowest BCUT2D eigenvalue weighted by Crippen LogP contribution is -2.47. The molecule has 35 heavy (non-hydrogen) atoms. The van der Waals surface area contributed by atoms with Crippen LogP contribution >= 0.6 is 0 Å². The average Bonchev–Trinajstić information content (AvgIpc) is 3.16. The molecule has 0 bridgehead atoms. The van der Waals surface area contributed by atoms with E-state index >= 15 is 0 Å². The summed E-state index contributed by atoms with van der Waals surface area (Å²) >= 11 is 0. The molecule has 1 fully saturated rings. The number of carbonyl (C=O) groups is 3. The van der Waals surface area contributed by atoms with E-state index in [2.05, 4.69) is 34.9 Å². The lowest BCUT2D eigenvalue weighted by atomic mass is 9.92. The number of amides is 2. The zero-order valence-corrected chi connectivity index (χ0v) is 19.3. The molecule has 0 aromatic heterocycles. The number of hydrogen-bond donors (Lipinski definition) is 4. The van der Waals surface area contributed by atoms with E-state index in [0.717, 1.165) is 22.3 Å². The van der Waals surface area contributed by atoms with E-state index in [1.165, 1.54) is 0 Å². The molecule has 4 N–H and O–H groups in total. The van der Waals surface area contributed by atoms with E-state index in [1.54, 1.807) is 0 Å². The van der Waals surface area contributed by atoms with Crippen LogP contribution in [0.2, 0.25) is 0 Å². The topological polar surface area (TPSA) is 134 Å². The molecule has 2 aliphatic rings. The first-order chi connectivity index (χ1) is 16.9. The lowest BCUT2D eigenvalue weighted by molar-refractivity contribution is -0.139. The van der Waals surface area contributed by atoms with Gasteiger partial charge < -0.3 is 30.3 Å². The van der Waals surface area contributed by atoms with Gasteiger partial charge in [0.2, 0.25) is 5.91 Å². The third-order valence-corrected chi connectivity index (χ3v) is 6.51. The van der Waals surface area contributed by atoms with Gasteiger partial charge in [0.15, 0.2) is 0 Å². The molecule has 0 spiro atoms. The first-order valence-corrected chi connectivity index (χ1v) is 11.8. The van der Waals surface area contributed by atoms with Crippen LogP contribution in [0.25, 0.3) is 11.1 Å². The number of rotatable bonds is 9. The number of aliphatic carboxylic acids is 1. The molecular formula is C26H30N2O7. The van der Waals surface area contributed by atoms with Crippen molar-refractivity contribution >= 4 is 18.0 Å². The van der Waals surface area contributed by atoms with E-state index in [1.807, 2.05) is 24.3 Å². The van der Waals surface area contributed by atoms with E-state index in [4.69, 9.17) is 14.6 Å². The predicted octanol–water partition coefficient (Wildman–Crippen LogP) is 2.27. The van der Waals surface area contributed by atoms with Crippen LogP contribution in [0, 0.1) is 5.92 Å². The maximum Gasteiger partial charge on any atom is 0.407 e. The van der Waals surface area contributed by atoms with Crippen molar-refractivity contribution in [2.24, 2.45) is 5.92 Å². The number of carboxylic acids is 1. The minimum Gasteiger partial charge on any atom is -0.481 e. The summed E-state index contributed by atoms with van der Waals surface area (Å²) in [4.78, 5) is 35.6. The molecule has 1 aliphatic carbocycles. The van der Waals surface area contributed by atoms with Crippen LogP contribution in [-0.2, 0) is 19.1 Å². The molecule has 9 nitrogen and oxygen atoms in total. The normalized spacial score (nSPS) is 19.8. The van der Waals surface area contributed by atoms with Crippen LogP contribution in [-0.4, -0.2) is 66.7 Å². The number of fused-ring (bicyclic) bond motifs is 3. The van der Waals surface area contributed by atoms with Crippen LogP contribution < -0.4 is 10.6 Å². The number of ether oxygens (including phenoxy) is 2. The second-order valence-corrected chi connectivity index (χ2v) is 8.96. The minimum atomic E-state index is -1.16. The van der Waals surface area contributed by atoms with E-state index in [0.29, 0.717) is 19.6 Å². The molecule has 1 saturated heterocycles. The largest absolute Gasteiger partial charge is 0.481 e. The quantitative estimate of drug-likeness (QED) is 0.431. The smallest absolute Gasteiger partial charge is 0.407 e. The number of carboxylic acid groups (broad SMARTS) is 1. The van der Waals surface area contributed by atoms with Crippen LogP contribution in [0.15, 0.2) is 48.5 Å². The Kier molecular flexibility index (Phi) is 7.99. The summed E-state index contributed by atoms with van der Waals surface area (Å²) in [7, 11) is 0. The standard InChI is InChI=1S/C26H30N2O7/c29-17(12-25(31)32)13-27-24(30)11-16-14-34-10-9-23(16)28-26(33)35-15-22-20-7-3-1-5-18(20)19-6-2-4-8-21(19)22/h1-8,16-17,22-23,29H,9-15H2,(H,27,30)(H,28,33)(H,31,32). The summed E-state index contributed by atoms with van der Waals surface area (Å²) in [5, 5.41) is 23.7. The van der Waals surface area contributed by atoms with Gasteiger partial charge in [-0.25, -0.2) is 4.79 Å². The van der Waals surface area contributed by atoms with Gasteiger partial charge in [0.05, 0.1) is 19.1 Å². The molecule has 3 unspecified atom stereocenters. The van der Waals surface area contributed by atoms with Gasteiger partial charge in [-0.15, -0.1) is 0 Å². The Balaban J connectivity index is 1.30. The Bertz CT molecular complexity index is 1030. The minimum absolute atomic E-state index is 0.0401. The van der Waals surface area contributed by atoms with Gasteiger partial charge in [-0.3, -0.25) is 9.59 Å². The van der Waals surface area contributed by atoms with Crippen molar-refractivity contribution in [2.45, 2.75) is 37.3 Å². The van der Waals surface area contributed by atoms with Gasteiger partial charge in [-0.1, -0.05) is 48.5 Å². The summed E-state index contributed by atoms with van der Waals surface area (Å²) in [6, 6.07) is 15.9. The van der Waals surface area contributed by atoms with Gasteiger partial charge in [0.1, 0.15) is 6.61 Å². The molecule has 4 rings (SSSR count). The van der Waals surface area contributed by atoms with Gasteiger partial charge in [0, 0.05) is 37.5 Å². The zero-order chi connectivity index (χ0) is 24.8. The number of hydrogen-bond acceptors (Lipinski definition) is 6. The van der Waals surface area contributed by atoms with E-state index < -0.39 is 24.6 Å². The number of nitrogens with one attached hydrogen (secondary N) is 2. The number of alkyl carbamates (subject to hydrolysis) is 1. The summed E-state index contributed by atoms with van der Waals surface area (Å²) < 4.78 is 11.1. The van der Waals surface area contributed by atoms with Gasteiger partial charge in [-0.2, -0.15) is 0 Å². The van der Waals surface area contributed by atoms with Crippen molar-refractivity contribution in [3.8, 4) is 11.1 Å². The van der Waals surface area contributed by atoms with Gasteiger partial charge in [0.25, 0.3) is 0 Å². The third-order valence-electron chi connectivity index (χ3n) is 6.51. The highest BCUT2D eigenvalue weighted by molar-refractivity contribution is 5.79. The number of aliphatic hydroxyl groups is 1. The van der Waals surface area contributed by atoms with E-state index in [-0.39, 0.29) is 43.4 Å². The average molecular weight is 483 g/mol. The van der Waals surface area contributed by atoms with Crippen molar-refractivity contribution in [2.75, 3.05) is 26.4 Å². The lowest BCUT2D eigenvalue weighted by Gasteiger charge is -2.31. The number of benzene rings is 2. The molecule has 2 aromatic carbocycles. The predicted molar refractivity (Wildman–Crippen MR) is 127 cm³/mol. The highest BCUT2D eigenvalue weighted by Gasteiger charge is 2.32. The van der Waals surface area contributed by atoms with Gasteiger partial charge in [-0.05, 0) is 28.7 Å². The van der Waals surface area contributed by atoms with Crippen molar-refractivity contribution in [1.82, 2.24) is 10.6 Å². The fraction of sp³-hybridized carbons (Fsp3) is 0.423. The third kappa shape index (κ3) is 6.17. The summed E-state index contributed by atoms with van der Waals surface area (Å²) in [6.45, 7) is 0.821. The van der Waals surface area contributed by atoms with Crippen LogP contribution in [0.3, 0.4) is 0 Å². The van der Waals surface area contributed by atoms with Crippen LogP contribution in [0.1, 0.15) is 36.3 Å². The fourth-order valence-electron chi connectivity index (χ4n) is 4.80. The summed E-state index contributed by atoms with van der Waals surface area (Å²) in [6.07, 6.45) is -1.52. The summed E-state index contributed by atoms with van der Waals surface area (Å²) in [5.41, 5.74) is 4.57. The molecular weight excluding hydrogens is 452 g/mol. The zero-order valence-electron chi connectivity index (χ0n) is 19.3. The summed E-state index contributed by atoms with van der Waals surface area (Å²) in [5.74, 6) is -1.79. The van der Waals surface area contributed by atoms with Gasteiger partial charge >= 0.3 is 12.1 Å². The molecule has 0 saturated carbocycles. The first-order valence-electron chi connectivity index (χ1n) is 11.8. The van der Waals surface area contributed by atoms with Crippen molar-refractivity contribution in [3.63, 3.8) is 0 Å². The maximum atomic E-state index is 12.7. The van der Waals surface area contributed by atoms with Crippen molar-refractivity contribution < 1.29 is 34.1 Å². The maximum absolute atomic E-state index is 12.7. The molecule has 3 atom stereocenters. The molecule has 2 amide bonds. The molecule has 0 radical (unpaired) electrons. The Labute approximate surface area is 203 Å². The van der Waals surface area contributed by atoms with Crippen LogP contribution in [0.4, 0.5) is 4.79 Å². The second kappa shape index (κ2) is 11.3. The second-order valence-electron chi connectivity index (χ2n) is 8.96. The highest BCUT2D eigenvalue weighted by Crippen LogP contribution is 2.44. The number of carbonyl (C=O) groups excluding carboxylic acids is 2. The molecule has 9 heteroatoms. The monoisotopic (exact) mass is 482 g/mol. The number of aliphatic hydroxyl groups excluding tert-OH is 1. The van der Waals surface area contributed by atoms with Crippen molar-refractivity contribution in [1.29, 1.82) is 0 Å². The Morgan fingerprint density at radius 1 is 1.06 bits per heavy atom. The molecule has 1 heterocycles. The molecule has 1 aliphatic heterocycles. The Hall–Kier alpha value is -3.43. The first kappa shape index (κ1) is 24.7. The van der Waals surface area contributed by atoms with E-state index in [9.17, 15) is 19.5 Å². The SMILES string of the molecule is O=C(O)CC(O)CNC(=O)CC1COCCC1NC(=O)OCC1c2ccccc2-c2ccccc21. The Morgan fingerprint density at radius 3 is 2.37 bits per heavy atom. The molecule has 186 valence electrons. The Morgan fingerprint density at radius 2 is 1.71 bits per heavy atom.